The number of aryl methyl sites for hydroxylation is 1. The molecule has 3 nitrogen and oxygen atoms in total. The van der Waals surface area contributed by atoms with Gasteiger partial charge in [0.05, 0.1) is 6.54 Å². The molecule has 1 heterocycles. The van der Waals surface area contributed by atoms with Crippen molar-refractivity contribution in [1.82, 2.24) is 4.57 Å². The molecule has 2 aromatic rings. The molecule has 0 unspecified atom stereocenters. The van der Waals surface area contributed by atoms with E-state index < -0.39 is 0 Å². The Labute approximate surface area is 94.1 Å². The largest absolute Gasteiger partial charge is 0.399 e. The third kappa shape index (κ3) is 2.31. The molecule has 0 atom stereocenters. The van der Waals surface area contributed by atoms with Crippen molar-refractivity contribution in [2.24, 2.45) is 0 Å². The molecule has 0 aliphatic heterocycles. The van der Waals surface area contributed by atoms with Gasteiger partial charge in [-0.3, -0.25) is 4.79 Å². The van der Waals surface area contributed by atoms with Crippen molar-refractivity contribution in [2.75, 3.05) is 5.73 Å². The number of rotatable bonds is 2. The topological polar surface area (TPSA) is 48.0 Å². The third-order valence-electron chi connectivity index (χ3n) is 2.49. The van der Waals surface area contributed by atoms with Gasteiger partial charge in [0.2, 0.25) is 0 Å². The Morgan fingerprint density at radius 1 is 1.19 bits per heavy atom. The molecule has 1 aromatic heterocycles. The smallest absolute Gasteiger partial charge is 0.252 e. The van der Waals surface area contributed by atoms with Crippen molar-refractivity contribution >= 4 is 5.69 Å². The normalized spacial score (nSPS) is 10.3. The Hall–Kier alpha value is -2.03. The van der Waals surface area contributed by atoms with Gasteiger partial charge in [-0.15, -0.1) is 0 Å². The highest BCUT2D eigenvalue weighted by Crippen LogP contribution is 2.05. The van der Waals surface area contributed by atoms with Gasteiger partial charge in [0.15, 0.2) is 0 Å². The summed E-state index contributed by atoms with van der Waals surface area (Å²) in [4.78, 5) is 11.6. The number of hydrogen-bond donors (Lipinski definition) is 1. The van der Waals surface area contributed by atoms with E-state index in [0.29, 0.717) is 12.2 Å². The fourth-order valence-corrected chi connectivity index (χ4v) is 1.54. The van der Waals surface area contributed by atoms with E-state index >= 15 is 0 Å². The zero-order valence-corrected chi connectivity index (χ0v) is 9.18. The van der Waals surface area contributed by atoms with Crippen molar-refractivity contribution in [3.63, 3.8) is 0 Å². The van der Waals surface area contributed by atoms with Crippen LogP contribution in [0.3, 0.4) is 0 Å². The quantitative estimate of drug-likeness (QED) is 0.828. The summed E-state index contributed by atoms with van der Waals surface area (Å²) >= 11 is 0. The first-order chi connectivity index (χ1) is 7.65. The summed E-state index contributed by atoms with van der Waals surface area (Å²) in [5, 5.41) is 0. The zero-order chi connectivity index (χ0) is 11.5. The summed E-state index contributed by atoms with van der Waals surface area (Å²) in [5.41, 5.74) is 8.29. The van der Waals surface area contributed by atoms with Gasteiger partial charge < -0.3 is 10.3 Å². The molecule has 0 aliphatic carbocycles. The zero-order valence-electron chi connectivity index (χ0n) is 9.18. The summed E-state index contributed by atoms with van der Waals surface area (Å²) < 4.78 is 1.64. The average molecular weight is 214 g/mol. The van der Waals surface area contributed by atoms with E-state index in [1.165, 1.54) is 11.6 Å². The predicted octanol–water partition coefficient (Wildman–Crippen LogP) is 1.79. The van der Waals surface area contributed by atoms with Crippen LogP contribution in [0.15, 0.2) is 47.4 Å². The van der Waals surface area contributed by atoms with Crippen LogP contribution in [0.25, 0.3) is 0 Å². The van der Waals surface area contributed by atoms with E-state index in [9.17, 15) is 4.79 Å². The molecule has 2 rings (SSSR count). The Balaban J connectivity index is 2.27. The summed E-state index contributed by atoms with van der Waals surface area (Å²) in [5.74, 6) is 0. The van der Waals surface area contributed by atoms with E-state index in [1.807, 2.05) is 31.2 Å². The first-order valence-electron chi connectivity index (χ1n) is 5.17. The van der Waals surface area contributed by atoms with Crippen LogP contribution >= 0.6 is 0 Å². The SMILES string of the molecule is Cc1ccc(Cn2ccc(N)cc2=O)cc1. The van der Waals surface area contributed by atoms with Crippen molar-refractivity contribution in [3.8, 4) is 0 Å². The van der Waals surface area contributed by atoms with Crippen LogP contribution in [0.4, 0.5) is 5.69 Å². The van der Waals surface area contributed by atoms with Gasteiger partial charge in [0.1, 0.15) is 0 Å². The van der Waals surface area contributed by atoms with Gasteiger partial charge >= 0.3 is 0 Å². The van der Waals surface area contributed by atoms with E-state index in [0.717, 1.165) is 5.56 Å². The highest BCUT2D eigenvalue weighted by Gasteiger charge is 1.98. The lowest BCUT2D eigenvalue weighted by Crippen LogP contribution is -2.19. The van der Waals surface area contributed by atoms with Crippen LogP contribution in [0.2, 0.25) is 0 Å². The van der Waals surface area contributed by atoms with Gasteiger partial charge in [-0.25, -0.2) is 0 Å². The summed E-state index contributed by atoms with van der Waals surface area (Å²) in [6, 6.07) is 11.3. The Morgan fingerprint density at radius 2 is 1.88 bits per heavy atom. The Kier molecular flexibility index (Phi) is 2.77. The minimum atomic E-state index is -0.0689. The fraction of sp³-hybridized carbons (Fsp3) is 0.154. The van der Waals surface area contributed by atoms with Crippen molar-refractivity contribution in [2.45, 2.75) is 13.5 Å². The van der Waals surface area contributed by atoms with Gasteiger partial charge in [-0.05, 0) is 18.6 Å². The molecule has 0 radical (unpaired) electrons. The van der Waals surface area contributed by atoms with Gasteiger partial charge in [0.25, 0.3) is 5.56 Å². The maximum absolute atomic E-state index is 11.6. The molecule has 3 heteroatoms. The monoisotopic (exact) mass is 214 g/mol. The highest BCUT2D eigenvalue weighted by molar-refractivity contribution is 5.34. The third-order valence-corrected chi connectivity index (χ3v) is 2.49. The van der Waals surface area contributed by atoms with Crippen LogP contribution in [0.1, 0.15) is 11.1 Å². The van der Waals surface area contributed by atoms with Crippen LogP contribution in [-0.2, 0) is 6.54 Å². The lowest BCUT2D eigenvalue weighted by atomic mass is 10.1. The molecule has 0 fully saturated rings. The summed E-state index contributed by atoms with van der Waals surface area (Å²) in [6.07, 6.45) is 1.72. The molecule has 1 aromatic carbocycles. The minimum Gasteiger partial charge on any atom is -0.399 e. The molecule has 82 valence electrons. The maximum Gasteiger partial charge on any atom is 0.252 e. The maximum atomic E-state index is 11.6. The number of nitrogen functional groups attached to an aromatic ring is 1. The molecule has 0 amide bonds. The van der Waals surface area contributed by atoms with E-state index in [4.69, 9.17) is 5.73 Å². The number of nitrogens with two attached hydrogens (primary N) is 1. The predicted molar refractivity (Wildman–Crippen MR) is 65.4 cm³/mol. The second-order valence-electron chi connectivity index (χ2n) is 3.91. The van der Waals surface area contributed by atoms with Gasteiger partial charge in [-0.1, -0.05) is 29.8 Å². The van der Waals surface area contributed by atoms with E-state index in [2.05, 4.69) is 0 Å². The second kappa shape index (κ2) is 4.23. The number of aromatic nitrogens is 1. The molecule has 0 bridgehead atoms. The Bertz CT molecular complexity index is 541. The molecular weight excluding hydrogens is 200 g/mol. The van der Waals surface area contributed by atoms with E-state index in [-0.39, 0.29) is 5.56 Å². The molecule has 16 heavy (non-hydrogen) atoms. The molecule has 0 aliphatic rings. The number of nitrogens with zero attached hydrogens (tertiary/aromatic N) is 1. The molecule has 2 N–H and O–H groups in total. The first kappa shape index (κ1) is 10.5. The second-order valence-corrected chi connectivity index (χ2v) is 3.91. The minimum absolute atomic E-state index is 0.0689. The summed E-state index contributed by atoms with van der Waals surface area (Å²) in [6.45, 7) is 2.62. The van der Waals surface area contributed by atoms with Crippen LogP contribution in [0.5, 0.6) is 0 Å². The molecule has 0 saturated carbocycles. The Morgan fingerprint density at radius 3 is 2.50 bits per heavy atom. The number of pyridine rings is 1. The average Bonchev–Trinajstić information content (AvgIpc) is 2.25. The van der Waals surface area contributed by atoms with E-state index in [1.54, 1.807) is 16.8 Å². The van der Waals surface area contributed by atoms with Crippen LogP contribution in [0, 0.1) is 6.92 Å². The van der Waals surface area contributed by atoms with Crippen molar-refractivity contribution in [1.29, 1.82) is 0 Å². The van der Waals surface area contributed by atoms with Gasteiger partial charge in [-0.2, -0.15) is 0 Å². The molecular formula is C13H14N2O. The van der Waals surface area contributed by atoms with Crippen molar-refractivity contribution in [3.05, 3.63) is 64.1 Å². The number of benzene rings is 1. The number of anilines is 1. The highest BCUT2D eigenvalue weighted by atomic mass is 16.1. The molecule has 0 saturated heterocycles. The lowest BCUT2D eigenvalue weighted by Gasteiger charge is -2.06. The van der Waals surface area contributed by atoms with Crippen LogP contribution in [-0.4, -0.2) is 4.57 Å². The number of hydrogen-bond acceptors (Lipinski definition) is 2. The fourth-order valence-electron chi connectivity index (χ4n) is 1.54. The standard InChI is InChI=1S/C13H14N2O/c1-10-2-4-11(5-3-10)9-15-7-6-12(14)8-13(15)16/h2-8H,9,14H2,1H3. The van der Waals surface area contributed by atoms with Gasteiger partial charge in [0, 0.05) is 18.0 Å². The lowest BCUT2D eigenvalue weighted by molar-refractivity contribution is 0.760. The first-order valence-corrected chi connectivity index (χ1v) is 5.17. The summed E-state index contributed by atoms with van der Waals surface area (Å²) in [7, 11) is 0. The molecule has 0 spiro atoms. The van der Waals surface area contributed by atoms with Crippen molar-refractivity contribution < 1.29 is 0 Å². The van der Waals surface area contributed by atoms with Crippen LogP contribution < -0.4 is 11.3 Å².